The number of hydrogen-bond acceptors (Lipinski definition) is 3. The molecular weight excluding hydrogens is 245 g/mol. The van der Waals surface area contributed by atoms with Crippen molar-refractivity contribution in [3.63, 3.8) is 0 Å². The number of rotatable bonds is 5. The van der Waals surface area contributed by atoms with Gasteiger partial charge in [0.15, 0.2) is 0 Å². The summed E-state index contributed by atoms with van der Waals surface area (Å²) in [4.78, 5) is 1.89. The maximum atomic E-state index is 12.3. The number of nitrogens with zero attached hydrogens (tertiary/aromatic N) is 2. The maximum absolute atomic E-state index is 12.3. The van der Waals surface area contributed by atoms with Crippen LogP contribution in [0.5, 0.6) is 0 Å². The molecule has 6 heteroatoms. The van der Waals surface area contributed by atoms with Crippen LogP contribution < -0.4 is 0 Å². The van der Waals surface area contributed by atoms with Crippen LogP contribution >= 0.6 is 0 Å². The summed E-state index contributed by atoms with van der Waals surface area (Å²) in [6.45, 7) is 0.484. The number of hydrogen-bond donors (Lipinski definition) is 0. The average Bonchev–Trinajstić information content (AvgIpc) is 2.95. The molecule has 102 valence electrons. The molecule has 0 radical (unpaired) electrons. The Hall–Kier alpha value is -1.04. The van der Waals surface area contributed by atoms with Crippen LogP contribution in [0.15, 0.2) is 16.9 Å². The Morgan fingerprint density at radius 2 is 2.06 bits per heavy atom. The zero-order chi connectivity index (χ0) is 13.0. The standard InChI is InChI=1S/C12H17F3N2O/c13-12(14,15)6-7-17(11-3-1-2-4-11)9-10-5-8-18-16-10/h5,8,11H,1-4,6-7,9H2. The molecular formula is C12H17F3N2O. The first kappa shape index (κ1) is 13.4. The summed E-state index contributed by atoms with van der Waals surface area (Å²) in [6.07, 6.45) is 0.761. The Morgan fingerprint density at radius 1 is 1.33 bits per heavy atom. The lowest BCUT2D eigenvalue weighted by molar-refractivity contribution is -0.139. The normalized spacial score (nSPS) is 17.8. The molecule has 1 aliphatic rings. The molecule has 3 nitrogen and oxygen atoms in total. The highest BCUT2D eigenvalue weighted by molar-refractivity contribution is 4.96. The van der Waals surface area contributed by atoms with Crippen molar-refractivity contribution >= 4 is 0 Å². The molecule has 0 bridgehead atoms. The van der Waals surface area contributed by atoms with E-state index in [0.717, 1.165) is 25.7 Å². The van der Waals surface area contributed by atoms with E-state index in [1.165, 1.54) is 6.26 Å². The van der Waals surface area contributed by atoms with Crippen molar-refractivity contribution in [2.45, 2.75) is 50.9 Å². The fraction of sp³-hybridized carbons (Fsp3) is 0.750. The van der Waals surface area contributed by atoms with Crippen molar-refractivity contribution in [3.05, 3.63) is 18.0 Å². The van der Waals surface area contributed by atoms with Gasteiger partial charge in [0.1, 0.15) is 6.26 Å². The second-order valence-corrected chi connectivity index (χ2v) is 4.76. The molecule has 0 unspecified atom stereocenters. The largest absolute Gasteiger partial charge is 0.390 e. The summed E-state index contributed by atoms with van der Waals surface area (Å²) in [5.74, 6) is 0. The lowest BCUT2D eigenvalue weighted by Crippen LogP contribution is -2.35. The smallest absolute Gasteiger partial charge is 0.364 e. The molecule has 1 saturated carbocycles. The molecule has 0 saturated heterocycles. The minimum Gasteiger partial charge on any atom is -0.364 e. The van der Waals surface area contributed by atoms with Gasteiger partial charge in [-0.1, -0.05) is 18.0 Å². The highest BCUT2D eigenvalue weighted by Crippen LogP contribution is 2.27. The third-order valence-electron chi connectivity index (χ3n) is 3.38. The van der Waals surface area contributed by atoms with Gasteiger partial charge < -0.3 is 4.52 Å². The van der Waals surface area contributed by atoms with Gasteiger partial charge in [0, 0.05) is 25.2 Å². The molecule has 1 heterocycles. The molecule has 18 heavy (non-hydrogen) atoms. The molecule has 0 amide bonds. The highest BCUT2D eigenvalue weighted by Gasteiger charge is 2.30. The van der Waals surface area contributed by atoms with Crippen LogP contribution in [-0.4, -0.2) is 28.8 Å². The molecule has 0 atom stereocenters. The highest BCUT2D eigenvalue weighted by atomic mass is 19.4. The van der Waals surface area contributed by atoms with Crippen molar-refractivity contribution in [2.75, 3.05) is 6.54 Å². The number of halogens is 3. The van der Waals surface area contributed by atoms with Gasteiger partial charge in [-0.05, 0) is 12.8 Å². The predicted octanol–water partition coefficient (Wildman–Crippen LogP) is 3.37. The van der Waals surface area contributed by atoms with Crippen LogP contribution in [0.1, 0.15) is 37.8 Å². The second kappa shape index (κ2) is 5.73. The minimum absolute atomic E-state index is 0.0427. The van der Waals surface area contributed by atoms with Crippen LogP contribution in [0.25, 0.3) is 0 Å². The molecule has 0 aromatic carbocycles. The average molecular weight is 262 g/mol. The Kier molecular flexibility index (Phi) is 4.27. The van der Waals surface area contributed by atoms with Gasteiger partial charge in [-0.25, -0.2) is 0 Å². The van der Waals surface area contributed by atoms with E-state index >= 15 is 0 Å². The Bertz CT molecular complexity index is 345. The van der Waals surface area contributed by atoms with E-state index < -0.39 is 12.6 Å². The first-order valence-corrected chi connectivity index (χ1v) is 6.25. The summed E-state index contributed by atoms with van der Waals surface area (Å²) >= 11 is 0. The first-order chi connectivity index (χ1) is 8.54. The van der Waals surface area contributed by atoms with E-state index in [9.17, 15) is 13.2 Å². The minimum atomic E-state index is -4.10. The van der Waals surface area contributed by atoms with Crippen molar-refractivity contribution in [1.82, 2.24) is 10.1 Å². The van der Waals surface area contributed by atoms with E-state index in [1.807, 2.05) is 4.90 Å². The zero-order valence-electron chi connectivity index (χ0n) is 10.1. The van der Waals surface area contributed by atoms with E-state index in [2.05, 4.69) is 5.16 Å². The van der Waals surface area contributed by atoms with Gasteiger partial charge in [-0.2, -0.15) is 13.2 Å². The summed E-state index contributed by atoms with van der Waals surface area (Å²) in [7, 11) is 0. The second-order valence-electron chi connectivity index (χ2n) is 4.76. The fourth-order valence-corrected chi connectivity index (χ4v) is 2.46. The van der Waals surface area contributed by atoms with Crippen molar-refractivity contribution in [3.8, 4) is 0 Å². The molecule has 1 aromatic heterocycles. The summed E-state index contributed by atoms with van der Waals surface area (Å²) < 4.78 is 41.7. The van der Waals surface area contributed by atoms with E-state index in [0.29, 0.717) is 12.2 Å². The van der Waals surface area contributed by atoms with Crippen LogP contribution in [0, 0.1) is 0 Å². The van der Waals surface area contributed by atoms with E-state index in [1.54, 1.807) is 6.07 Å². The third-order valence-corrected chi connectivity index (χ3v) is 3.38. The van der Waals surface area contributed by atoms with Crippen LogP contribution in [-0.2, 0) is 6.54 Å². The molecule has 0 spiro atoms. The summed E-state index contributed by atoms with van der Waals surface area (Å²) in [5, 5.41) is 3.77. The monoisotopic (exact) mass is 262 g/mol. The van der Waals surface area contributed by atoms with Gasteiger partial charge in [-0.15, -0.1) is 0 Å². The summed E-state index contributed by atoms with van der Waals surface area (Å²) in [5.41, 5.74) is 0.698. The van der Waals surface area contributed by atoms with Crippen LogP contribution in [0.4, 0.5) is 13.2 Å². The van der Waals surface area contributed by atoms with Crippen molar-refractivity contribution in [1.29, 1.82) is 0 Å². The number of alkyl halides is 3. The first-order valence-electron chi connectivity index (χ1n) is 6.25. The van der Waals surface area contributed by atoms with Gasteiger partial charge >= 0.3 is 6.18 Å². The van der Waals surface area contributed by atoms with Gasteiger partial charge in [0.2, 0.25) is 0 Å². The van der Waals surface area contributed by atoms with Crippen LogP contribution in [0.3, 0.4) is 0 Å². The third kappa shape index (κ3) is 4.01. The SMILES string of the molecule is FC(F)(F)CCN(Cc1ccon1)C1CCCC1. The molecule has 2 rings (SSSR count). The fourth-order valence-electron chi connectivity index (χ4n) is 2.46. The maximum Gasteiger partial charge on any atom is 0.390 e. The molecule has 1 aliphatic carbocycles. The lowest BCUT2D eigenvalue weighted by atomic mass is 10.2. The molecule has 0 aliphatic heterocycles. The van der Waals surface area contributed by atoms with Crippen LogP contribution in [0.2, 0.25) is 0 Å². The van der Waals surface area contributed by atoms with Gasteiger partial charge in [-0.3, -0.25) is 4.90 Å². The van der Waals surface area contributed by atoms with Gasteiger partial charge in [0.05, 0.1) is 12.1 Å². The van der Waals surface area contributed by atoms with Crippen molar-refractivity contribution < 1.29 is 17.7 Å². The molecule has 1 fully saturated rings. The van der Waals surface area contributed by atoms with Gasteiger partial charge in [0.25, 0.3) is 0 Å². The molecule has 0 N–H and O–H groups in total. The Morgan fingerprint density at radius 3 is 2.61 bits per heavy atom. The quantitative estimate of drug-likeness (QED) is 0.814. The Balaban J connectivity index is 1.93. The zero-order valence-corrected chi connectivity index (χ0v) is 10.1. The molecule has 1 aromatic rings. The number of aromatic nitrogens is 1. The summed E-state index contributed by atoms with van der Waals surface area (Å²) in [6, 6.07) is 1.96. The van der Waals surface area contributed by atoms with Crippen molar-refractivity contribution in [2.24, 2.45) is 0 Å². The Labute approximate surface area is 104 Å². The lowest BCUT2D eigenvalue weighted by Gasteiger charge is -2.28. The predicted molar refractivity (Wildman–Crippen MR) is 59.8 cm³/mol. The van der Waals surface area contributed by atoms with E-state index in [-0.39, 0.29) is 12.6 Å². The van der Waals surface area contributed by atoms with E-state index in [4.69, 9.17) is 4.52 Å². The topological polar surface area (TPSA) is 29.3 Å².